The molecule has 2 N–H and O–H groups in total. The minimum atomic E-state index is -0.152. The number of rotatable bonds is 6. The van der Waals surface area contributed by atoms with Gasteiger partial charge in [0.25, 0.3) is 0 Å². The first-order valence-electron chi connectivity index (χ1n) is 9.92. The van der Waals surface area contributed by atoms with Crippen LogP contribution in [0.2, 0.25) is 0 Å². The van der Waals surface area contributed by atoms with Crippen LogP contribution in [-0.4, -0.2) is 33.3 Å². The highest BCUT2D eigenvalue weighted by Crippen LogP contribution is 2.43. The summed E-state index contributed by atoms with van der Waals surface area (Å²) in [6.07, 6.45) is 4.48. The van der Waals surface area contributed by atoms with Crippen LogP contribution in [0.5, 0.6) is 0 Å². The zero-order valence-electron chi connectivity index (χ0n) is 16.3. The van der Waals surface area contributed by atoms with E-state index in [9.17, 15) is 9.59 Å². The monoisotopic (exact) mass is 440 g/mol. The molecule has 4 aromatic rings. The van der Waals surface area contributed by atoms with E-state index in [1.54, 1.807) is 23.5 Å². The standard InChI is InChI=1S/C20H20N6O2S2/c1-21-19-25-23-17(29-19)11-3-2-4-12(9-11)18-24-26-20(30-18)22-15(27)8-10-5-6-13-14(7-10)16(13)28/h5-7,11-12H,2-4,8-9H2,1H3,(H,21,25)(H,22,26,27)/t11?,12-/m0/s1. The van der Waals surface area contributed by atoms with Crippen LogP contribution in [0.15, 0.2) is 23.0 Å². The van der Waals surface area contributed by atoms with Crippen molar-refractivity contribution in [1.29, 1.82) is 0 Å². The van der Waals surface area contributed by atoms with Crippen molar-refractivity contribution in [2.45, 2.75) is 43.9 Å². The van der Waals surface area contributed by atoms with Crippen molar-refractivity contribution in [2.75, 3.05) is 17.7 Å². The molecule has 8 nitrogen and oxygen atoms in total. The van der Waals surface area contributed by atoms with E-state index in [-0.39, 0.29) is 17.8 Å². The third kappa shape index (κ3) is 3.84. The van der Waals surface area contributed by atoms with Gasteiger partial charge in [0, 0.05) is 29.7 Å². The second-order valence-electron chi connectivity index (χ2n) is 7.64. The van der Waals surface area contributed by atoms with E-state index in [4.69, 9.17) is 0 Å². The van der Waals surface area contributed by atoms with Gasteiger partial charge >= 0.3 is 0 Å². The molecule has 1 fully saturated rings. The fraction of sp³-hybridized carbons (Fsp3) is 0.400. The number of nitrogens with one attached hydrogen (secondary N) is 2. The van der Waals surface area contributed by atoms with Gasteiger partial charge < -0.3 is 10.6 Å². The summed E-state index contributed by atoms with van der Waals surface area (Å²) in [6.45, 7) is 0. The van der Waals surface area contributed by atoms with E-state index in [1.165, 1.54) is 11.3 Å². The number of carbonyl (C=O) groups excluding carboxylic acids is 1. The summed E-state index contributed by atoms with van der Waals surface area (Å²) < 4.78 is 0. The summed E-state index contributed by atoms with van der Waals surface area (Å²) >= 11 is 3.06. The lowest BCUT2D eigenvalue weighted by Crippen LogP contribution is -2.14. The maximum absolute atomic E-state index is 12.4. The molecular weight excluding hydrogens is 420 g/mol. The minimum absolute atomic E-state index is 0.0805. The highest BCUT2D eigenvalue weighted by molar-refractivity contribution is 7.15. The Kier molecular flexibility index (Phi) is 5.03. The van der Waals surface area contributed by atoms with Gasteiger partial charge in [0.1, 0.15) is 10.0 Å². The van der Waals surface area contributed by atoms with Gasteiger partial charge in [-0.25, -0.2) is 0 Å². The Morgan fingerprint density at radius 1 is 1.03 bits per heavy atom. The van der Waals surface area contributed by atoms with Crippen molar-refractivity contribution in [3.63, 3.8) is 0 Å². The fourth-order valence-electron chi connectivity index (χ4n) is 3.98. The Labute approximate surface area is 180 Å². The summed E-state index contributed by atoms with van der Waals surface area (Å²) in [5.41, 5.74) is 0.909. The zero-order chi connectivity index (χ0) is 20.7. The molecule has 5 rings (SSSR count). The lowest BCUT2D eigenvalue weighted by molar-refractivity contribution is -0.115. The maximum Gasteiger partial charge on any atom is 0.230 e. The van der Waals surface area contributed by atoms with Crippen LogP contribution < -0.4 is 16.1 Å². The highest BCUT2D eigenvalue weighted by atomic mass is 32.1. The molecule has 1 aliphatic rings. The van der Waals surface area contributed by atoms with Crippen LogP contribution in [0.1, 0.15) is 53.1 Å². The van der Waals surface area contributed by atoms with Gasteiger partial charge in [-0.2, -0.15) is 0 Å². The second-order valence-corrected chi connectivity index (χ2v) is 9.65. The van der Waals surface area contributed by atoms with E-state index < -0.39 is 0 Å². The van der Waals surface area contributed by atoms with Crippen LogP contribution in [0.3, 0.4) is 0 Å². The molecule has 2 atom stereocenters. The van der Waals surface area contributed by atoms with Crippen molar-refractivity contribution in [3.05, 3.63) is 44.0 Å². The molecule has 0 spiro atoms. The lowest BCUT2D eigenvalue weighted by Gasteiger charge is -2.25. The highest BCUT2D eigenvalue weighted by Gasteiger charge is 2.29. The number of nitrogens with zero attached hydrogens (tertiary/aromatic N) is 4. The van der Waals surface area contributed by atoms with E-state index in [1.807, 2.05) is 13.1 Å². The van der Waals surface area contributed by atoms with Crippen LogP contribution >= 0.6 is 22.7 Å². The zero-order valence-corrected chi connectivity index (χ0v) is 18.0. The molecule has 1 saturated carbocycles. The second kappa shape index (κ2) is 7.84. The van der Waals surface area contributed by atoms with Crippen LogP contribution in [0.25, 0.3) is 10.8 Å². The molecule has 0 saturated heterocycles. The van der Waals surface area contributed by atoms with Gasteiger partial charge in [0.05, 0.1) is 6.42 Å². The fourth-order valence-corrected chi connectivity index (χ4v) is 5.73. The summed E-state index contributed by atoms with van der Waals surface area (Å²) in [5.74, 6) is 0.560. The van der Waals surface area contributed by atoms with E-state index in [0.29, 0.717) is 17.0 Å². The Morgan fingerprint density at radius 3 is 2.40 bits per heavy atom. The van der Waals surface area contributed by atoms with Crippen molar-refractivity contribution < 1.29 is 4.79 Å². The Bertz CT molecular complexity index is 1220. The van der Waals surface area contributed by atoms with Crippen molar-refractivity contribution >= 4 is 49.6 Å². The minimum Gasteiger partial charge on any atom is -0.363 e. The number of hydrogen-bond donors (Lipinski definition) is 2. The number of anilines is 2. The third-order valence-corrected chi connectivity index (χ3v) is 7.69. The smallest absolute Gasteiger partial charge is 0.230 e. The van der Waals surface area contributed by atoms with Gasteiger partial charge in [-0.1, -0.05) is 41.2 Å². The third-order valence-electron chi connectivity index (χ3n) is 5.59. The SMILES string of the molecule is CNc1nnc(C2CCC[C@H](c3nnc(NC(=O)Cc4ccc5c(=O)c5c4)s3)C2)s1. The van der Waals surface area contributed by atoms with Gasteiger partial charge in [-0.15, -0.1) is 20.4 Å². The first kappa shape index (κ1) is 19.3. The number of hydrogen-bond acceptors (Lipinski definition) is 9. The molecule has 0 aliphatic heterocycles. The summed E-state index contributed by atoms with van der Waals surface area (Å²) in [7, 11) is 1.85. The quantitative estimate of drug-likeness (QED) is 0.472. The summed E-state index contributed by atoms with van der Waals surface area (Å²) in [5, 5.41) is 27.8. The molecule has 2 heterocycles. The average molecular weight is 441 g/mol. The number of carbonyl (C=O) groups is 1. The molecule has 1 aliphatic carbocycles. The molecule has 0 bridgehead atoms. The number of fused-ring (bicyclic) bond motifs is 1. The van der Waals surface area contributed by atoms with Crippen LogP contribution in [0, 0.1) is 0 Å². The molecule has 2 aromatic heterocycles. The van der Waals surface area contributed by atoms with Crippen LogP contribution in [0.4, 0.5) is 10.3 Å². The van der Waals surface area contributed by atoms with Gasteiger partial charge in [-0.3, -0.25) is 9.59 Å². The number of benzene rings is 1. The molecular formula is C20H20N6O2S2. The normalized spacial score (nSPS) is 19.4. The van der Waals surface area contributed by atoms with Crippen molar-refractivity contribution in [3.8, 4) is 0 Å². The number of aromatic nitrogens is 4. The Balaban J connectivity index is 1.21. The Morgan fingerprint density at radius 2 is 1.73 bits per heavy atom. The van der Waals surface area contributed by atoms with Gasteiger partial charge in [0.2, 0.25) is 16.2 Å². The van der Waals surface area contributed by atoms with E-state index >= 15 is 0 Å². The van der Waals surface area contributed by atoms with Crippen LogP contribution in [-0.2, 0) is 11.2 Å². The first-order chi connectivity index (χ1) is 14.6. The molecule has 1 unspecified atom stereocenters. The van der Waals surface area contributed by atoms with Crippen molar-refractivity contribution in [2.24, 2.45) is 0 Å². The molecule has 2 aromatic carbocycles. The molecule has 1 amide bonds. The summed E-state index contributed by atoms with van der Waals surface area (Å²) in [6, 6.07) is 5.39. The Hall–Kier alpha value is -2.72. The molecule has 10 heteroatoms. The maximum atomic E-state index is 12.4. The largest absolute Gasteiger partial charge is 0.363 e. The molecule has 30 heavy (non-hydrogen) atoms. The molecule has 0 radical (unpaired) electrons. The first-order valence-corrected chi connectivity index (χ1v) is 11.6. The van der Waals surface area contributed by atoms with E-state index in [2.05, 4.69) is 31.0 Å². The summed E-state index contributed by atoms with van der Waals surface area (Å²) in [4.78, 5) is 23.8. The predicted octanol–water partition coefficient (Wildman–Crippen LogP) is 3.44. The van der Waals surface area contributed by atoms with E-state index in [0.717, 1.165) is 57.2 Å². The molecule has 154 valence electrons. The van der Waals surface area contributed by atoms with Gasteiger partial charge in [0.15, 0.2) is 5.43 Å². The predicted molar refractivity (Wildman–Crippen MR) is 118 cm³/mol. The number of amides is 1. The topological polar surface area (TPSA) is 110 Å². The lowest BCUT2D eigenvalue weighted by atomic mass is 9.82. The van der Waals surface area contributed by atoms with Gasteiger partial charge in [-0.05, 0) is 30.9 Å². The van der Waals surface area contributed by atoms with Crippen molar-refractivity contribution in [1.82, 2.24) is 20.4 Å². The average Bonchev–Trinajstić information content (AvgIpc) is 3.14.